The van der Waals surface area contributed by atoms with Crippen LogP contribution in [0.15, 0.2) is 18.2 Å². The Morgan fingerprint density at radius 3 is 2.70 bits per heavy atom. The molecule has 0 aliphatic heterocycles. The van der Waals surface area contributed by atoms with Gasteiger partial charge in [-0.25, -0.2) is 4.98 Å². The van der Waals surface area contributed by atoms with Crippen LogP contribution in [0.4, 0.5) is 13.2 Å². The largest absolute Gasteiger partial charge is 0.389 e. The van der Waals surface area contributed by atoms with Gasteiger partial charge in [-0.1, -0.05) is 12.1 Å². The number of aromatic nitrogens is 2. The highest BCUT2D eigenvalue weighted by Gasteiger charge is 2.26. The molecule has 110 valence electrons. The minimum atomic E-state index is -4.11. The van der Waals surface area contributed by atoms with Crippen molar-refractivity contribution < 1.29 is 13.2 Å². The van der Waals surface area contributed by atoms with Gasteiger partial charge in [0.15, 0.2) is 0 Å². The molecule has 1 heterocycles. The highest BCUT2D eigenvalue weighted by molar-refractivity contribution is 6.17. The number of fused-ring (bicyclic) bond motifs is 1. The molecular formula is C14H16ClF3N2. The van der Waals surface area contributed by atoms with Gasteiger partial charge in [0.25, 0.3) is 0 Å². The zero-order chi connectivity index (χ0) is 14.8. The van der Waals surface area contributed by atoms with Gasteiger partial charge in [0, 0.05) is 25.3 Å². The maximum atomic E-state index is 12.3. The third kappa shape index (κ3) is 3.45. The van der Waals surface area contributed by atoms with Gasteiger partial charge in [0.1, 0.15) is 5.82 Å². The Bertz CT molecular complexity index is 590. The van der Waals surface area contributed by atoms with Crippen molar-refractivity contribution in [3.8, 4) is 0 Å². The number of nitrogens with zero attached hydrogens (tertiary/aromatic N) is 2. The van der Waals surface area contributed by atoms with Gasteiger partial charge in [0.05, 0.1) is 11.0 Å². The normalized spacial score (nSPS) is 12.2. The zero-order valence-corrected chi connectivity index (χ0v) is 11.9. The summed E-state index contributed by atoms with van der Waals surface area (Å²) < 4.78 is 38.7. The summed E-state index contributed by atoms with van der Waals surface area (Å²) in [5.41, 5.74) is 2.75. The molecule has 0 N–H and O–H groups in total. The number of para-hydroxylation sites is 1. The third-order valence-electron chi connectivity index (χ3n) is 3.22. The van der Waals surface area contributed by atoms with E-state index in [9.17, 15) is 13.2 Å². The van der Waals surface area contributed by atoms with Crippen LogP contribution in [0.25, 0.3) is 11.0 Å². The highest BCUT2D eigenvalue weighted by atomic mass is 35.5. The summed E-state index contributed by atoms with van der Waals surface area (Å²) in [6.07, 6.45) is -4.28. The van der Waals surface area contributed by atoms with Gasteiger partial charge in [-0.2, -0.15) is 13.2 Å². The van der Waals surface area contributed by atoms with Gasteiger partial charge < -0.3 is 4.57 Å². The SMILES string of the molecule is Cc1cccc2c1nc(CCCl)n2CCCC(F)(F)F. The maximum absolute atomic E-state index is 12.3. The van der Waals surface area contributed by atoms with Gasteiger partial charge in [-0.15, -0.1) is 11.6 Å². The van der Waals surface area contributed by atoms with Crippen molar-refractivity contribution >= 4 is 22.6 Å². The predicted molar refractivity (Wildman–Crippen MR) is 74.2 cm³/mol. The van der Waals surface area contributed by atoms with E-state index in [-0.39, 0.29) is 6.42 Å². The van der Waals surface area contributed by atoms with E-state index in [1.54, 1.807) is 0 Å². The molecule has 0 aliphatic rings. The fourth-order valence-corrected chi connectivity index (χ4v) is 2.47. The monoisotopic (exact) mass is 304 g/mol. The van der Waals surface area contributed by atoms with E-state index in [1.165, 1.54) is 0 Å². The fourth-order valence-electron chi connectivity index (χ4n) is 2.30. The molecule has 6 heteroatoms. The van der Waals surface area contributed by atoms with Crippen LogP contribution in [0, 0.1) is 6.92 Å². The standard InChI is InChI=1S/C14H16ClF3N2/c1-10-4-2-5-11-13(10)19-12(6-8-15)20(11)9-3-7-14(16,17)18/h2,4-5H,3,6-9H2,1H3. The van der Waals surface area contributed by atoms with Crippen LogP contribution in [0.3, 0.4) is 0 Å². The Morgan fingerprint density at radius 1 is 1.30 bits per heavy atom. The van der Waals surface area contributed by atoms with Crippen LogP contribution in [0.2, 0.25) is 0 Å². The van der Waals surface area contributed by atoms with Crippen LogP contribution in [-0.2, 0) is 13.0 Å². The summed E-state index contributed by atoms with van der Waals surface area (Å²) in [5.74, 6) is 1.16. The minimum Gasteiger partial charge on any atom is -0.328 e. The molecule has 20 heavy (non-hydrogen) atoms. The number of hydrogen-bond donors (Lipinski definition) is 0. The lowest BCUT2D eigenvalue weighted by atomic mass is 10.2. The first-order valence-electron chi connectivity index (χ1n) is 6.50. The number of imidazole rings is 1. The number of aryl methyl sites for hydroxylation is 3. The Morgan fingerprint density at radius 2 is 2.05 bits per heavy atom. The van der Waals surface area contributed by atoms with Crippen LogP contribution in [0.5, 0.6) is 0 Å². The van der Waals surface area contributed by atoms with E-state index in [1.807, 2.05) is 29.7 Å². The van der Waals surface area contributed by atoms with Gasteiger partial charge in [-0.3, -0.25) is 0 Å². The summed E-state index contributed by atoms with van der Waals surface area (Å²) in [6.45, 7) is 2.26. The molecule has 2 aromatic rings. The summed E-state index contributed by atoms with van der Waals surface area (Å²) in [6, 6.07) is 5.73. The molecule has 0 radical (unpaired) electrons. The van der Waals surface area contributed by atoms with Gasteiger partial charge in [-0.05, 0) is 25.0 Å². The first-order valence-corrected chi connectivity index (χ1v) is 7.03. The van der Waals surface area contributed by atoms with Crippen molar-refractivity contribution in [2.75, 3.05) is 5.88 Å². The molecule has 2 nitrogen and oxygen atoms in total. The zero-order valence-electron chi connectivity index (χ0n) is 11.2. The Kier molecular flexibility index (Phi) is 4.58. The molecule has 0 aliphatic carbocycles. The molecule has 0 saturated heterocycles. The lowest BCUT2D eigenvalue weighted by molar-refractivity contribution is -0.135. The second-order valence-corrected chi connectivity index (χ2v) is 5.16. The smallest absolute Gasteiger partial charge is 0.328 e. The Balaban J connectivity index is 2.29. The predicted octanol–water partition coefficient (Wildman–Crippen LogP) is 4.47. The lowest BCUT2D eigenvalue weighted by Gasteiger charge is -2.10. The second-order valence-electron chi connectivity index (χ2n) is 4.78. The summed E-state index contributed by atoms with van der Waals surface area (Å²) >= 11 is 5.75. The topological polar surface area (TPSA) is 17.8 Å². The molecule has 0 fully saturated rings. The average molecular weight is 305 g/mol. The third-order valence-corrected chi connectivity index (χ3v) is 3.41. The minimum absolute atomic E-state index is 0.0538. The number of halogens is 4. The van der Waals surface area contributed by atoms with E-state index >= 15 is 0 Å². The first kappa shape index (κ1) is 15.2. The van der Waals surface area contributed by atoms with Crippen molar-refractivity contribution in [3.05, 3.63) is 29.6 Å². The Labute approximate surface area is 120 Å². The number of hydrogen-bond acceptors (Lipinski definition) is 1. The molecule has 0 amide bonds. The van der Waals surface area contributed by atoms with Crippen molar-refractivity contribution in [1.82, 2.24) is 9.55 Å². The molecule has 0 atom stereocenters. The first-order chi connectivity index (χ1) is 9.42. The quantitative estimate of drug-likeness (QED) is 0.745. The molecule has 0 saturated carbocycles. The van der Waals surface area contributed by atoms with Crippen molar-refractivity contribution in [1.29, 1.82) is 0 Å². The number of alkyl halides is 4. The summed E-state index contributed by atoms with van der Waals surface area (Å²) in [4.78, 5) is 4.51. The molecular weight excluding hydrogens is 289 g/mol. The van der Waals surface area contributed by atoms with Crippen molar-refractivity contribution in [3.63, 3.8) is 0 Å². The van der Waals surface area contributed by atoms with E-state index in [4.69, 9.17) is 11.6 Å². The molecule has 2 rings (SSSR count). The summed E-state index contributed by atoms with van der Waals surface area (Å²) in [5, 5.41) is 0. The number of benzene rings is 1. The summed E-state index contributed by atoms with van der Waals surface area (Å²) in [7, 11) is 0. The number of rotatable bonds is 5. The highest BCUT2D eigenvalue weighted by Crippen LogP contribution is 2.24. The van der Waals surface area contributed by atoms with Crippen LogP contribution < -0.4 is 0 Å². The van der Waals surface area contributed by atoms with Gasteiger partial charge >= 0.3 is 6.18 Å². The second kappa shape index (κ2) is 6.04. The fraction of sp³-hybridized carbons (Fsp3) is 0.500. The van der Waals surface area contributed by atoms with Crippen LogP contribution >= 0.6 is 11.6 Å². The van der Waals surface area contributed by atoms with Crippen molar-refractivity contribution in [2.45, 2.75) is 38.9 Å². The van der Waals surface area contributed by atoms with Crippen LogP contribution in [0.1, 0.15) is 24.2 Å². The van der Waals surface area contributed by atoms with Crippen LogP contribution in [-0.4, -0.2) is 21.6 Å². The van der Waals surface area contributed by atoms with E-state index in [0.717, 1.165) is 22.4 Å². The van der Waals surface area contributed by atoms with E-state index in [0.29, 0.717) is 18.8 Å². The molecule has 1 aromatic heterocycles. The van der Waals surface area contributed by atoms with E-state index in [2.05, 4.69) is 4.98 Å². The lowest BCUT2D eigenvalue weighted by Crippen LogP contribution is -2.11. The Hall–Kier alpha value is -1.23. The average Bonchev–Trinajstić information content (AvgIpc) is 2.69. The maximum Gasteiger partial charge on any atom is 0.389 e. The van der Waals surface area contributed by atoms with Gasteiger partial charge in [0.2, 0.25) is 0 Å². The van der Waals surface area contributed by atoms with Crippen molar-refractivity contribution in [2.24, 2.45) is 0 Å². The van der Waals surface area contributed by atoms with E-state index < -0.39 is 12.6 Å². The molecule has 0 bridgehead atoms. The molecule has 0 unspecified atom stereocenters. The molecule has 0 spiro atoms. The molecule has 1 aromatic carbocycles.